The minimum Gasteiger partial charge on any atom is -0.347 e. The van der Waals surface area contributed by atoms with Gasteiger partial charge in [-0.05, 0) is 36.5 Å². The summed E-state index contributed by atoms with van der Waals surface area (Å²) in [5.74, 6) is -0.988. The Morgan fingerprint density at radius 2 is 1.96 bits per heavy atom. The van der Waals surface area contributed by atoms with Crippen molar-refractivity contribution in [3.8, 4) is 6.07 Å². The molecule has 0 unspecified atom stereocenters. The van der Waals surface area contributed by atoms with E-state index in [4.69, 9.17) is 5.26 Å². The molecule has 2 rings (SSSR count). The van der Waals surface area contributed by atoms with Gasteiger partial charge < -0.3 is 15.5 Å². The molecule has 0 aromatic heterocycles. The molecule has 2 amide bonds. The fourth-order valence-corrected chi connectivity index (χ4v) is 3.26. The SMILES string of the molecule is C[C@@H]1C[C@H](C)CN(CCNC(=O)C(=O)Nc2ccc(F)c(C#N)c2)C1. The Labute approximate surface area is 147 Å². The topological polar surface area (TPSA) is 85.2 Å². The second kappa shape index (κ2) is 8.58. The summed E-state index contributed by atoms with van der Waals surface area (Å²) in [7, 11) is 0. The normalized spacial score (nSPS) is 20.6. The number of anilines is 1. The van der Waals surface area contributed by atoms with Gasteiger partial charge in [0.15, 0.2) is 0 Å². The number of piperidine rings is 1. The van der Waals surface area contributed by atoms with E-state index in [1.54, 1.807) is 6.07 Å². The van der Waals surface area contributed by atoms with Gasteiger partial charge >= 0.3 is 11.8 Å². The summed E-state index contributed by atoms with van der Waals surface area (Å²) in [5, 5.41) is 13.7. The number of likely N-dealkylation sites (tertiary alicyclic amines) is 1. The molecule has 25 heavy (non-hydrogen) atoms. The van der Waals surface area contributed by atoms with Crippen LogP contribution >= 0.6 is 0 Å². The van der Waals surface area contributed by atoms with Gasteiger partial charge in [-0.3, -0.25) is 9.59 Å². The summed E-state index contributed by atoms with van der Waals surface area (Å²) in [6, 6.07) is 5.25. The van der Waals surface area contributed by atoms with Gasteiger partial charge in [0.05, 0.1) is 5.56 Å². The van der Waals surface area contributed by atoms with Gasteiger partial charge in [0.2, 0.25) is 0 Å². The number of rotatable bonds is 4. The molecule has 0 bridgehead atoms. The first-order chi connectivity index (χ1) is 11.9. The van der Waals surface area contributed by atoms with Crippen LogP contribution in [0.2, 0.25) is 0 Å². The monoisotopic (exact) mass is 346 g/mol. The van der Waals surface area contributed by atoms with Gasteiger partial charge in [-0.2, -0.15) is 5.26 Å². The molecule has 0 spiro atoms. The minimum atomic E-state index is -0.837. The molecule has 1 aromatic rings. The lowest BCUT2D eigenvalue weighted by atomic mass is 9.92. The fourth-order valence-electron chi connectivity index (χ4n) is 3.26. The molecule has 2 N–H and O–H groups in total. The summed E-state index contributed by atoms with van der Waals surface area (Å²) in [6.07, 6.45) is 1.22. The van der Waals surface area contributed by atoms with E-state index in [0.717, 1.165) is 19.2 Å². The first kappa shape index (κ1) is 18.9. The van der Waals surface area contributed by atoms with Gasteiger partial charge in [0.25, 0.3) is 0 Å². The van der Waals surface area contributed by atoms with Crippen molar-refractivity contribution >= 4 is 17.5 Å². The molecule has 1 saturated heterocycles. The molecule has 1 heterocycles. The number of carbonyl (C=O) groups is 2. The van der Waals surface area contributed by atoms with Crippen LogP contribution in [0.5, 0.6) is 0 Å². The van der Waals surface area contributed by atoms with E-state index in [1.807, 2.05) is 0 Å². The number of nitrogens with one attached hydrogen (secondary N) is 2. The van der Waals surface area contributed by atoms with Crippen LogP contribution in [0.3, 0.4) is 0 Å². The molecule has 0 radical (unpaired) electrons. The van der Waals surface area contributed by atoms with Crippen molar-refractivity contribution in [3.63, 3.8) is 0 Å². The molecule has 0 aliphatic carbocycles. The van der Waals surface area contributed by atoms with E-state index in [2.05, 4.69) is 29.4 Å². The highest BCUT2D eigenvalue weighted by atomic mass is 19.1. The molecule has 6 nitrogen and oxygen atoms in total. The van der Waals surface area contributed by atoms with E-state index < -0.39 is 17.6 Å². The Kier molecular flexibility index (Phi) is 6.48. The van der Waals surface area contributed by atoms with Crippen LogP contribution in [-0.2, 0) is 9.59 Å². The van der Waals surface area contributed by atoms with Crippen LogP contribution in [0.1, 0.15) is 25.8 Å². The summed E-state index contributed by atoms with van der Waals surface area (Å²) in [5.41, 5.74) is 0.0170. The van der Waals surface area contributed by atoms with Crippen LogP contribution in [0, 0.1) is 29.0 Å². The van der Waals surface area contributed by atoms with Gasteiger partial charge in [-0.15, -0.1) is 0 Å². The summed E-state index contributed by atoms with van der Waals surface area (Å²) >= 11 is 0. The highest BCUT2D eigenvalue weighted by Crippen LogP contribution is 2.20. The maximum atomic E-state index is 13.2. The van der Waals surface area contributed by atoms with Crippen LogP contribution in [0.25, 0.3) is 0 Å². The molecular formula is C18H23FN4O2. The first-order valence-electron chi connectivity index (χ1n) is 8.40. The van der Waals surface area contributed by atoms with E-state index in [1.165, 1.54) is 18.6 Å². The number of halogens is 1. The first-order valence-corrected chi connectivity index (χ1v) is 8.40. The highest BCUT2D eigenvalue weighted by molar-refractivity contribution is 6.39. The van der Waals surface area contributed by atoms with Crippen molar-refractivity contribution in [2.45, 2.75) is 20.3 Å². The number of benzene rings is 1. The summed E-state index contributed by atoms with van der Waals surface area (Å²) in [6.45, 7) is 7.51. The predicted molar refractivity (Wildman–Crippen MR) is 92.1 cm³/mol. The molecule has 7 heteroatoms. The van der Waals surface area contributed by atoms with Crippen molar-refractivity contribution < 1.29 is 14.0 Å². The molecule has 134 valence electrons. The van der Waals surface area contributed by atoms with Crippen molar-refractivity contribution in [3.05, 3.63) is 29.6 Å². The zero-order valence-electron chi connectivity index (χ0n) is 14.5. The zero-order chi connectivity index (χ0) is 18.4. The van der Waals surface area contributed by atoms with Crippen LogP contribution < -0.4 is 10.6 Å². The van der Waals surface area contributed by atoms with E-state index >= 15 is 0 Å². The molecule has 0 saturated carbocycles. The Morgan fingerprint density at radius 3 is 2.60 bits per heavy atom. The molecule has 2 atom stereocenters. The lowest BCUT2D eigenvalue weighted by Crippen LogP contribution is -2.44. The largest absolute Gasteiger partial charge is 0.347 e. The Morgan fingerprint density at radius 1 is 1.28 bits per heavy atom. The smallest absolute Gasteiger partial charge is 0.313 e. The van der Waals surface area contributed by atoms with Crippen LogP contribution in [0.15, 0.2) is 18.2 Å². The highest BCUT2D eigenvalue weighted by Gasteiger charge is 2.22. The van der Waals surface area contributed by atoms with E-state index in [-0.39, 0.29) is 11.3 Å². The number of nitrogens with zero attached hydrogens (tertiary/aromatic N) is 2. The molecule has 1 fully saturated rings. The molecular weight excluding hydrogens is 323 g/mol. The van der Waals surface area contributed by atoms with E-state index in [0.29, 0.717) is 24.9 Å². The van der Waals surface area contributed by atoms with Crippen molar-refractivity contribution in [1.29, 1.82) is 5.26 Å². The molecule has 1 aromatic carbocycles. The van der Waals surface area contributed by atoms with Crippen LogP contribution in [-0.4, -0.2) is 42.9 Å². The lowest BCUT2D eigenvalue weighted by Gasteiger charge is -2.34. The van der Waals surface area contributed by atoms with Gasteiger partial charge in [0, 0.05) is 31.9 Å². The minimum absolute atomic E-state index is 0.188. The quantitative estimate of drug-likeness (QED) is 0.813. The number of hydrogen-bond acceptors (Lipinski definition) is 4. The van der Waals surface area contributed by atoms with Crippen molar-refractivity contribution in [2.75, 3.05) is 31.5 Å². The number of nitriles is 1. The predicted octanol–water partition coefficient (Wildman–Crippen LogP) is 1.73. The molecule has 1 aliphatic heterocycles. The summed E-state index contributed by atoms with van der Waals surface area (Å²) in [4.78, 5) is 26.0. The van der Waals surface area contributed by atoms with Crippen molar-refractivity contribution in [2.24, 2.45) is 11.8 Å². The lowest BCUT2D eigenvalue weighted by molar-refractivity contribution is -0.136. The van der Waals surface area contributed by atoms with Gasteiger partial charge in [-0.1, -0.05) is 13.8 Å². The third kappa shape index (κ3) is 5.54. The second-order valence-corrected chi connectivity index (χ2v) is 6.72. The number of amides is 2. The zero-order valence-corrected chi connectivity index (χ0v) is 14.5. The Hall–Kier alpha value is -2.46. The third-order valence-electron chi connectivity index (χ3n) is 4.21. The average Bonchev–Trinajstić information content (AvgIpc) is 2.55. The number of carbonyl (C=O) groups excluding carboxylic acids is 2. The van der Waals surface area contributed by atoms with Gasteiger partial charge in [-0.25, -0.2) is 4.39 Å². The van der Waals surface area contributed by atoms with Crippen molar-refractivity contribution in [1.82, 2.24) is 10.2 Å². The third-order valence-corrected chi connectivity index (χ3v) is 4.21. The second-order valence-electron chi connectivity index (χ2n) is 6.72. The maximum absolute atomic E-state index is 13.2. The maximum Gasteiger partial charge on any atom is 0.313 e. The fraction of sp³-hybridized carbons (Fsp3) is 0.500. The van der Waals surface area contributed by atoms with Gasteiger partial charge in [0.1, 0.15) is 11.9 Å². The standard InChI is InChI=1S/C18H23FN4O2/c1-12-7-13(2)11-23(10-12)6-5-21-17(24)18(25)22-15-3-4-16(19)14(8-15)9-20/h3-4,8,12-13H,5-7,10-11H2,1-2H3,(H,21,24)(H,22,25)/t12-,13+. The Balaban J connectivity index is 1.79. The van der Waals surface area contributed by atoms with Crippen LogP contribution in [0.4, 0.5) is 10.1 Å². The van der Waals surface area contributed by atoms with E-state index in [9.17, 15) is 14.0 Å². The average molecular weight is 346 g/mol. The molecule has 1 aliphatic rings. The summed E-state index contributed by atoms with van der Waals surface area (Å²) < 4.78 is 13.2. The number of hydrogen-bond donors (Lipinski definition) is 2. The Bertz CT molecular complexity index is 676.